The molecule has 4 aromatic carbocycles. The van der Waals surface area contributed by atoms with Gasteiger partial charge in [0.1, 0.15) is 5.75 Å². The van der Waals surface area contributed by atoms with Crippen LogP contribution in [0.15, 0.2) is 82.7 Å². The minimum atomic E-state index is -0.655. The number of carbonyl (C=O) groups is 1. The van der Waals surface area contributed by atoms with Gasteiger partial charge in [0.05, 0.1) is 35.8 Å². The van der Waals surface area contributed by atoms with E-state index in [9.17, 15) is 19.7 Å². The van der Waals surface area contributed by atoms with E-state index < -0.39 is 28.7 Å². The van der Waals surface area contributed by atoms with E-state index in [1.807, 2.05) is 26.0 Å². The summed E-state index contributed by atoms with van der Waals surface area (Å²) in [6, 6.07) is 19.9. The van der Waals surface area contributed by atoms with Gasteiger partial charge in [-0.15, -0.1) is 0 Å². The fraction of sp³-hybridized carbons (Fsp3) is 0.222. The van der Waals surface area contributed by atoms with Gasteiger partial charge < -0.3 is 19.5 Å². The lowest BCUT2D eigenvalue weighted by molar-refractivity contribution is -0.385. The fourth-order valence-corrected chi connectivity index (χ4v) is 5.31. The summed E-state index contributed by atoms with van der Waals surface area (Å²) in [5.41, 5.74) is 2.75. The Morgan fingerprint density at radius 1 is 1.08 bits per heavy atom. The molecule has 252 valence electrons. The Bertz CT molecular complexity index is 2130. The maximum atomic E-state index is 13.9. The molecule has 5 aromatic rings. The van der Waals surface area contributed by atoms with Crippen molar-refractivity contribution in [2.24, 2.45) is 5.10 Å². The van der Waals surface area contributed by atoms with Gasteiger partial charge in [-0.3, -0.25) is 19.7 Å². The van der Waals surface area contributed by atoms with E-state index in [2.05, 4.69) is 24.3 Å². The lowest BCUT2D eigenvalue weighted by Gasteiger charge is -2.18. The van der Waals surface area contributed by atoms with E-state index in [1.54, 1.807) is 48.5 Å². The first-order chi connectivity index (χ1) is 23.5. The minimum Gasteiger partial charge on any atom is -0.494 e. The van der Waals surface area contributed by atoms with Crippen LogP contribution in [-0.4, -0.2) is 47.0 Å². The van der Waals surface area contributed by atoms with E-state index in [-0.39, 0.29) is 28.8 Å². The summed E-state index contributed by atoms with van der Waals surface area (Å²) in [5, 5.41) is 20.1. The zero-order valence-corrected chi connectivity index (χ0v) is 28.3. The Morgan fingerprint density at radius 2 is 1.82 bits per heavy atom. The quantitative estimate of drug-likeness (QED) is 0.0815. The van der Waals surface area contributed by atoms with Crippen LogP contribution in [0.25, 0.3) is 22.3 Å². The number of hydrogen-bond donors (Lipinski definition) is 1. The predicted molar refractivity (Wildman–Crippen MR) is 190 cm³/mol. The van der Waals surface area contributed by atoms with Crippen LogP contribution in [0.4, 0.5) is 11.4 Å². The Hall–Kier alpha value is -5.75. The summed E-state index contributed by atoms with van der Waals surface area (Å²) >= 11 is 5.89. The van der Waals surface area contributed by atoms with E-state index in [1.165, 1.54) is 30.1 Å². The molecule has 0 atom stereocenters. The van der Waals surface area contributed by atoms with E-state index in [0.717, 1.165) is 16.9 Å². The number of ether oxygens (including phenoxy) is 3. The monoisotopic (exact) mass is 683 g/mol. The highest BCUT2D eigenvalue weighted by Crippen LogP contribution is 2.38. The standard InChI is InChI=1S/C36H34ClN5O7/c1-6-48-31-15-22(4)28(18-27(31)21(2)3)35-40-29-10-8-7-9-26(29)36(44)41(35)38-19-23-16-30(42(45)46)34(32(17-23)47-5)49-20-33(43)39-25-13-11-24(37)12-14-25/h7-19,21H,6,20H2,1-5H3,(H,39,43). The highest BCUT2D eigenvalue weighted by Gasteiger charge is 2.24. The predicted octanol–water partition coefficient (Wildman–Crippen LogP) is 7.36. The number of nitrogens with zero attached hydrogens (tertiary/aromatic N) is 4. The zero-order chi connectivity index (χ0) is 35.2. The van der Waals surface area contributed by atoms with Crippen molar-refractivity contribution in [1.82, 2.24) is 9.66 Å². The molecule has 12 nitrogen and oxygen atoms in total. The Morgan fingerprint density at radius 3 is 2.49 bits per heavy atom. The van der Waals surface area contributed by atoms with Crippen molar-refractivity contribution in [3.05, 3.63) is 115 Å². The van der Waals surface area contributed by atoms with Crippen molar-refractivity contribution < 1.29 is 23.9 Å². The van der Waals surface area contributed by atoms with Crippen LogP contribution in [-0.2, 0) is 4.79 Å². The molecule has 1 heterocycles. The molecule has 1 amide bonds. The van der Waals surface area contributed by atoms with Gasteiger partial charge in [-0.2, -0.15) is 9.78 Å². The maximum absolute atomic E-state index is 13.9. The van der Waals surface area contributed by atoms with Crippen molar-refractivity contribution in [2.45, 2.75) is 33.6 Å². The van der Waals surface area contributed by atoms with E-state index in [0.29, 0.717) is 33.8 Å². The van der Waals surface area contributed by atoms with Gasteiger partial charge in [-0.1, -0.05) is 37.6 Å². The number of nitrogens with one attached hydrogen (secondary N) is 1. The second kappa shape index (κ2) is 15.0. The molecule has 0 spiro atoms. The third kappa shape index (κ3) is 7.71. The van der Waals surface area contributed by atoms with Crippen LogP contribution in [0.5, 0.6) is 17.2 Å². The number of fused-ring (bicyclic) bond motifs is 1. The lowest BCUT2D eigenvalue weighted by atomic mass is 9.96. The van der Waals surface area contributed by atoms with Crippen LogP contribution < -0.4 is 25.1 Å². The van der Waals surface area contributed by atoms with Crippen LogP contribution >= 0.6 is 11.6 Å². The van der Waals surface area contributed by atoms with Crippen molar-refractivity contribution in [1.29, 1.82) is 0 Å². The summed E-state index contributed by atoms with van der Waals surface area (Å²) in [5.74, 6) is 0.347. The highest BCUT2D eigenvalue weighted by atomic mass is 35.5. The van der Waals surface area contributed by atoms with E-state index in [4.69, 9.17) is 30.8 Å². The number of methoxy groups -OCH3 is 1. The van der Waals surface area contributed by atoms with Crippen LogP contribution in [0, 0.1) is 17.0 Å². The topological polar surface area (TPSA) is 147 Å². The number of nitro groups is 1. The van der Waals surface area contributed by atoms with Gasteiger partial charge in [0.15, 0.2) is 18.2 Å². The molecule has 0 aliphatic heterocycles. The molecule has 0 fully saturated rings. The molecule has 0 aliphatic carbocycles. The smallest absolute Gasteiger partial charge is 0.315 e. The molecular formula is C36H34ClN5O7. The second-order valence-electron chi connectivity index (χ2n) is 11.3. The Balaban J connectivity index is 1.55. The first-order valence-corrected chi connectivity index (χ1v) is 15.8. The third-order valence-electron chi connectivity index (χ3n) is 7.55. The number of carbonyl (C=O) groups excluding carboxylic acids is 1. The van der Waals surface area contributed by atoms with Crippen molar-refractivity contribution in [2.75, 3.05) is 25.6 Å². The fourth-order valence-electron chi connectivity index (χ4n) is 5.18. The first-order valence-electron chi connectivity index (χ1n) is 15.4. The minimum absolute atomic E-state index is 0.0110. The van der Waals surface area contributed by atoms with Crippen LogP contribution in [0.2, 0.25) is 5.02 Å². The molecular weight excluding hydrogens is 650 g/mol. The largest absolute Gasteiger partial charge is 0.494 e. The number of anilines is 1. The van der Waals surface area contributed by atoms with Gasteiger partial charge in [0, 0.05) is 27.9 Å². The number of para-hydroxylation sites is 1. The average Bonchev–Trinajstić information content (AvgIpc) is 3.07. The number of rotatable bonds is 12. The van der Waals surface area contributed by atoms with Gasteiger partial charge in [-0.25, -0.2) is 4.98 Å². The number of nitro benzene ring substituents is 1. The van der Waals surface area contributed by atoms with Crippen molar-refractivity contribution in [3.63, 3.8) is 0 Å². The number of aryl methyl sites for hydroxylation is 1. The number of aromatic nitrogens is 2. The number of amides is 1. The lowest BCUT2D eigenvalue weighted by Crippen LogP contribution is -2.21. The third-order valence-corrected chi connectivity index (χ3v) is 7.80. The Labute approximate surface area is 287 Å². The normalized spacial score (nSPS) is 11.2. The van der Waals surface area contributed by atoms with Gasteiger partial charge in [0.25, 0.3) is 11.5 Å². The number of hydrogen-bond acceptors (Lipinski definition) is 9. The van der Waals surface area contributed by atoms with E-state index >= 15 is 0 Å². The average molecular weight is 684 g/mol. The molecule has 1 N–H and O–H groups in total. The molecule has 0 radical (unpaired) electrons. The van der Waals surface area contributed by atoms with Gasteiger partial charge in [0.2, 0.25) is 5.75 Å². The SMILES string of the molecule is CCOc1cc(C)c(-c2nc3ccccc3c(=O)n2N=Cc2cc(OC)c(OCC(=O)Nc3ccc(Cl)cc3)c([N+](=O)[O-])c2)cc1C(C)C. The van der Waals surface area contributed by atoms with Gasteiger partial charge in [-0.05, 0) is 85.5 Å². The van der Waals surface area contributed by atoms with Crippen molar-refractivity contribution in [3.8, 4) is 28.6 Å². The second-order valence-corrected chi connectivity index (χ2v) is 11.7. The molecule has 0 unspecified atom stereocenters. The molecule has 0 bridgehead atoms. The summed E-state index contributed by atoms with van der Waals surface area (Å²) in [7, 11) is 1.32. The van der Waals surface area contributed by atoms with Crippen LogP contribution in [0.3, 0.4) is 0 Å². The Kier molecular flexibility index (Phi) is 10.6. The molecule has 0 saturated heterocycles. The molecule has 5 rings (SSSR count). The maximum Gasteiger partial charge on any atom is 0.315 e. The first kappa shape index (κ1) is 34.6. The van der Waals surface area contributed by atoms with Crippen LogP contribution in [0.1, 0.15) is 43.4 Å². The summed E-state index contributed by atoms with van der Waals surface area (Å²) in [4.78, 5) is 42.8. The summed E-state index contributed by atoms with van der Waals surface area (Å²) in [6.45, 7) is 7.89. The molecule has 0 saturated carbocycles. The highest BCUT2D eigenvalue weighted by molar-refractivity contribution is 6.30. The zero-order valence-electron chi connectivity index (χ0n) is 27.5. The molecule has 49 heavy (non-hydrogen) atoms. The summed E-state index contributed by atoms with van der Waals surface area (Å²) < 4.78 is 18.1. The van der Waals surface area contributed by atoms with Crippen molar-refractivity contribution >= 4 is 46.0 Å². The number of halogens is 1. The number of benzene rings is 4. The summed E-state index contributed by atoms with van der Waals surface area (Å²) in [6.07, 6.45) is 1.31. The molecule has 0 aliphatic rings. The molecule has 13 heteroatoms. The molecule has 1 aromatic heterocycles. The van der Waals surface area contributed by atoms with Gasteiger partial charge >= 0.3 is 5.69 Å².